The van der Waals surface area contributed by atoms with Crippen molar-refractivity contribution >= 4 is 69.8 Å². The van der Waals surface area contributed by atoms with E-state index in [4.69, 9.17) is 19.6 Å². The zero-order valence-electron chi connectivity index (χ0n) is 37.3. The van der Waals surface area contributed by atoms with E-state index in [9.17, 15) is 33.6 Å². The number of nitrogens with zero attached hydrogens (tertiary/aromatic N) is 2. The molecule has 1 aliphatic heterocycles. The normalized spacial score (nSPS) is 13.3. The van der Waals surface area contributed by atoms with E-state index in [-0.39, 0.29) is 72.1 Å². The Balaban J connectivity index is 1.02. The van der Waals surface area contributed by atoms with Gasteiger partial charge in [0, 0.05) is 67.1 Å². The lowest BCUT2D eigenvalue weighted by Crippen LogP contribution is -2.53. The number of hydrogen-bond acceptors (Lipinski definition) is 12. The lowest BCUT2D eigenvalue weighted by atomic mass is 10.0. The fraction of sp³-hybridized carbons (Fsp3) is 0.292. The zero-order chi connectivity index (χ0) is 47.8. The van der Waals surface area contributed by atoms with E-state index >= 15 is 4.39 Å². The fourth-order valence-electron chi connectivity index (χ4n) is 7.56. The predicted octanol–water partition coefficient (Wildman–Crippen LogP) is 6.16. The van der Waals surface area contributed by atoms with Crippen molar-refractivity contribution < 1.29 is 47.4 Å². The maximum atomic E-state index is 15.4. The number of benzene rings is 4. The third-order valence-corrected chi connectivity index (χ3v) is 11.3. The van der Waals surface area contributed by atoms with Crippen molar-refractivity contribution in [2.24, 2.45) is 7.05 Å². The molecule has 0 saturated carbocycles. The van der Waals surface area contributed by atoms with Gasteiger partial charge < -0.3 is 34.7 Å². The summed E-state index contributed by atoms with van der Waals surface area (Å²) in [6.45, 7) is 5.49. The summed E-state index contributed by atoms with van der Waals surface area (Å²) in [6.07, 6.45) is 2.10. The molecule has 2 heterocycles. The monoisotopic (exact) mass is 903 g/mol. The van der Waals surface area contributed by atoms with Crippen LogP contribution in [-0.2, 0) is 32.6 Å². The summed E-state index contributed by atoms with van der Waals surface area (Å²) in [4.78, 5) is 89.2. The Morgan fingerprint density at radius 3 is 2.35 bits per heavy atom. The molecule has 5 N–H and O–H groups in total. The SMILES string of the molecule is CCc1ccc2c(c1)c(=O)c(C(=O)Nc1ccc(OC(=N)c3cc(OC)c(OCCCCC(=O)Nc4ccc(C(=O)N(C=O)C5CCC(=O)NC5=O)c(C)c4)cc3NC)c(F)c1)c(C)n2C. The first-order valence-corrected chi connectivity index (χ1v) is 21.1. The van der Waals surface area contributed by atoms with Crippen LogP contribution in [0, 0.1) is 25.1 Å². The average molecular weight is 904 g/mol. The van der Waals surface area contributed by atoms with Crippen LogP contribution in [0.1, 0.15) is 82.1 Å². The van der Waals surface area contributed by atoms with Crippen molar-refractivity contribution in [1.82, 2.24) is 14.8 Å². The van der Waals surface area contributed by atoms with Crippen LogP contribution in [0.5, 0.6) is 17.2 Å². The third-order valence-electron chi connectivity index (χ3n) is 11.3. The second-order valence-electron chi connectivity index (χ2n) is 15.6. The maximum absolute atomic E-state index is 15.4. The van der Waals surface area contributed by atoms with Gasteiger partial charge >= 0.3 is 0 Å². The van der Waals surface area contributed by atoms with Gasteiger partial charge in [-0.05, 0) is 99.2 Å². The van der Waals surface area contributed by atoms with Gasteiger partial charge in [-0.15, -0.1) is 0 Å². The molecule has 4 aromatic carbocycles. The van der Waals surface area contributed by atoms with Crippen molar-refractivity contribution in [1.29, 1.82) is 5.41 Å². The molecular weight excluding hydrogens is 854 g/mol. The third kappa shape index (κ3) is 10.4. The van der Waals surface area contributed by atoms with Gasteiger partial charge in [0.25, 0.3) is 11.8 Å². The first-order valence-electron chi connectivity index (χ1n) is 21.1. The van der Waals surface area contributed by atoms with Gasteiger partial charge in [-0.25, -0.2) is 4.39 Å². The minimum Gasteiger partial charge on any atom is -0.493 e. The van der Waals surface area contributed by atoms with Crippen LogP contribution in [0.25, 0.3) is 10.9 Å². The van der Waals surface area contributed by atoms with Crippen LogP contribution in [-0.4, -0.2) is 78.1 Å². The summed E-state index contributed by atoms with van der Waals surface area (Å²) in [5.41, 5.74) is 3.39. The molecule has 66 heavy (non-hydrogen) atoms. The number of methoxy groups -OCH3 is 1. The summed E-state index contributed by atoms with van der Waals surface area (Å²) in [6, 6.07) is 15.8. The number of piperidine rings is 1. The first kappa shape index (κ1) is 47.6. The molecule has 6 rings (SSSR count). The van der Waals surface area contributed by atoms with Gasteiger partial charge in [0.2, 0.25) is 35.5 Å². The van der Waals surface area contributed by atoms with Gasteiger partial charge in [-0.2, -0.15) is 0 Å². The number of halogens is 1. The molecule has 17 nitrogen and oxygen atoms in total. The van der Waals surface area contributed by atoms with Crippen LogP contribution in [0.15, 0.2) is 71.5 Å². The van der Waals surface area contributed by atoms with Gasteiger partial charge in [-0.1, -0.05) is 13.0 Å². The highest BCUT2D eigenvalue weighted by Crippen LogP contribution is 2.35. The van der Waals surface area contributed by atoms with Crippen LogP contribution < -0.4 is 40.9 Å². The van der Waals surface area contributed by atoms with Crippen LogP contribution >= 0.6 is 0 Å². The van der Waals surface area contributed by atoms with Gasteiger partial charge in [-0.3, -0.25) is 49.2 Å². The van der Waals surface area contributed by atoms with Crippen molar-refractivity contribution in [3.05, 3.63) is 116 Å². The number of rotatable bonds is 17. The Morgan fingerprint density at radius 2 is 1.68 bits per heavy atom. The summed E-state index contributed by atoms with van der Waals surface area (Å²) in [7, 11) is 4.82. The number of carbonyl (C=O) groups excluding carboxylic acids is 6. The Morgan fingerprint density at radius 1 is 0.939 bits per heavy atom. The Labute approximate surface area is 379 Å². The number of amides is 6. The number of nitrogens with one attached hydrogen (secondary N) is 5. The van der Waals surface area contributed by atoms with E-state index in [2.05, 4.69) is 21.3 Å². The number of hydrogen-bond donors (Lipinski definition) is 5. The van der Waals surface area contributed by atoms with E-state index in [1.807, 2.05) is 19.1 Å². The quantitative estimate of drug-likeness (QED) is 0.0234. The molecule has 344 valence electrons. The summed E-state index contributed by atoms with van der Waals surface area (Å²) >= 11 is 0. The fourth-order valence-corrected chi connectivity index (χ4v) is 7.56. The first-order chi connectivity index (χ1) is 31.6. The number of pyridine rings is 1. The molecule has 0 radical (unpaired) electrons. The number of imide groups is 2. The lowest BCUT2D eigenvalue weighted by Gasteiger charge is -2.28. The van der Waals surface area contributed by atoms with Gasteiger partial charge in [0.15, 0.2) is 23.1 Å². The van der Waals surface area contributed by atoms with E-state index in [0.29, 0.717) is 52.1 Å². The van der Waals surface area contributed by atoms with Crippen molar-refractivity contribution in [3.8, 4) is 17.2 Å². The average Bonchev–Trinajstić information content (AvgIpc) is 3.29. The molecule has 6 amide bonds. The second kappa shape index (κ2) is 20.7. The van der Waals surface area contributed by atoms with Crippen molar-refractivity contribution in [2.75, 3.05) is 36.7 Å². The molecule has 0 aliphatic carbocycles. The van der Waals surface area contributed by atoms with Crippen LogP contribution in [0.4, 0.5) is 21.5 Å². The largest absolute Gasteiger partial charge is 0.493 e. The number of anilines is 3. The Hall–Kier alpha value is -7.89. The number of fused-ring (bicyclic) bond motifs is 1. The summed E-state index contributed by atoms with van der Waals surface area (Å²) in [5.74, 6) is -3.84. The molecule has 1 aliphatic rings. The molecule has 1 saturated heterocycles. The minimum atomic E-state index is -1.10. The summed E-state index contributed by atoms with van der Waals surface area (Å²) in [5, 5.41) is 19.6. The molecule has 1 atom stereocenters. The lowest BCUT2D eigenvalue weighted by molar-refractivity contribution is -0.139. The number of aromatic nitrogens is 1. The molecule has 18 heteroatoms. The zero-order valence-corrected chi connectivity index (χ0v) is 37.3. The molecule has 1 unspecified atom stereocenters. The van der Waals surface area contributed by atoms with E-state index in [1.54, 1.807) is 50.7 Å². The van der Waals surface area contributed by atoms with Gasteiger partial charge in [0.1, 0.15) is 11.6 Å². The molecule has 5 aromatic rings. The second-order valence-corrected chi connectivity index (χ2v) is 15.6. The minimum absolute atomic E-state index is 0.000622. The van der Waals surface area contributed by atoms with E-state index in [1.165, 1.54) is 37.4 Å². The number of unbranched alkanes of at least 4 members (excludes halogenated alkanes) is 1. The Bertz CT molecular complexity index is 2840. The highest BCUT2D eigenvalue weighted by atomic mass is 19.1. The smallest absolute Gasteiger partial charge is 0.261 e. The van der Waals surface area contributed by atoms with Crippen molar-refractivity contribution in [3.63, 3.8) is 0 Å². The molecule has 1 fully saturated rings. The summed E-state index contributed by atoms with van der Waals surface area (Å²) < 4.78 is 34.4. The molecule has 0 spiro atoms. The molecule has 0 bridgehead atoms. The maximum Gasteiger partial charge on any atom is 0.261 e. The van der Waals surface area contributed by atoms with E-state index < -0.39 is 46.8 Å². The predicted molar refractivity (Wildman–Crippen MR) is 245 cm³/mol. The van der Waals surface area contributed by atoms with Crippen LogP contribution in [0.3, 0.4) is 0 Å². The number of carbonyl (C=O) groups is 6. The molecular formula is C48H50FN7O10. The number of ether oxygens (including phenoxy) is 3. The topological polar surface area (TPSA) is 227 Å². The highest BCUT2D eigenvalue weighted by molar-refractivity contribution is 6.08. The van der Waals surface area contributed by atoms with Crippen LogP contribution in [0.2, 0.25) is 0 Å². The van der Waals surface area contributed by atoms with Gasteiger partial charge in [0.05, 0.1) is 30.5 Å². The highest BCUT2D eigenvalue weighted by Gasteiger charge is 2.35. The van der Waals surface area contributed by atoms with E-state index in [0.717, 1.165) is 23.0 Å². The number of aryl methyl sites for hydroxylation is 3. The van der Waals surface area contributed by atoms with Crippen molar-refractivity contribution in [2.45, 2.75) is 65.3 Å². The molecule has 1 aromatic heterocycles. The Kier molecular flexibility index (Phi) is 15.0. The standard InChI is InChI=1S/C48H50FN7O10/c1-7-28-11-15-36-33(21-28)44(60)43(27(3)55(36)5)47(62)53-30-13-17-38(34(49)22-30)66-45(50)32-23-39(64-6)40(24-35(32)51-4)65-19-9-8-10-41(58)52-29-12-14-31(26(2)20-29)48(63)56(25-57)37-16-18-42(59)54-46(37)61/h11-15,17,20-25,37,50-51H,7-10,16,18-19H2,1-6H3,(H,52,58)(H,53,62)(H,54,59,61).